The molecule has 0 aliphatic rings. The molecular weight excluding hydrogens is 206 g/mol. The minimum atomic E-state index is -0.842. The highest BCUT2D eigenvalue weighted by Crippen LogP contribution is 2.15. The van der Waals surface area contributed by atoms with Gasteiger partial charge in [0, 0.05) is 18.8 Å². The lowest BCUT2D eigenvalue weighted by atomic mass is 10.1. The summed E-state index contributed by atoms with van der Waals surface area (Å²) in [6.45, 7) is 3.96. The molecule has 1 heterocycles. The number of carbonyl (C=O) groups is 1. The zero-order chi connectivity index (χ0) is 12.1. The zero-order valence-corrected chi connectivity index (χ0v) is 9.97. The summed E-state index contributed by atoms with van der Waals surface area (Å²) in [5.41, 5.74) is 0. The Bertz CT molecular complexity index is 349. The van der Waals surface area contributed by atoms with Crippen LogP contribution in [-0.2, 0) is 11.2 Å². The molecule has 0 aliphatic heterocycles. The Balaban J connectivity index is 2.89. The highest BCUT2D eigenvalue weighted by molar-refractivity contribution is 5.74. The number of carboxylic acids is 1. The maximum Gasteiger partial charge on any atom is 0.322 e. The fraction of sp³-hybridized carbons (Fsp3) is 0.636. The van der Waals surface area contributed by atoms with Crippen LogP contribution in [0.2, 0.25) is 0 Å². The van der Waals surface area contributed by atoms with Crippen LogP contribution in [-0.4, -0.2) is 33.7 Å². The predicted octanol–water partition coefficient (Wildman–Crippen LogP) is 1.07. The summed E-state index contributed by atoms with van der Waals surface area (Å²) in [5.74, 6) is 0.0997. The number of nitrogens with one attached hydrogen (secondary N) is 1. The van der Waals surface area contributed by atoms with Crippen molar-refractivity contribution >= 4 is 5.97 Å². The van der Waals surface area contributed by atoms with E-state index in [0.717, 1.165) is 18.7 Å². The van der Waals surface area contributed by atoms with E-state index in [1.165, 1.54) is 0 Å². The minimum Gasteiger partial charge on any atom is -0.480 e. The molecule has 1 rings (SSSR count). The zero-order valence-electron chi connectivity index (χ0n) is 9.97. The molecule has 5 nitrogen and oxygen atoms in total. The first-order chi connectivity index (χ1) is 7.61. The summed E-state index contributed by atoms with van der Waals surface area (Å²) in [4.78, 5) is 15.3. The second kappa shape index (κ2) is 5.65. The van der Waals surface area contributed by atoms with Gasteiger partial charge in [0.15, 0.2) is 0 Å². The largest absolute Gasteiger partial charge is 0.480 e. The maximum absolute atomic E-state index is 11.0. The molecule has 2 atom stereocenters. The Labute approximate surface area is 95.5 Å². The molecular formula is C11H19N3O2. The number of likely N-dealkylation sites (N-methyl/N-ethyl adjacent to an activating group) is 1. The van der Waals surface area contributed by atoms with Crippen LogP contribution < -0.4 is 5.32 Å². The monoisotopic (exact) mass is 225 g/mol. The van der Waals surface area contributed by atoms with Crippen LogP contribution >= 0.6 is 0 Å². The standard InChI is InChI=1S/C11H19N3O2/c1-4-5-9-13-6-7-14(9)8(2)10(12-3)11(15)16/h6-8,10,12H,4-5H2,1-3H3,(H,15,16). The van der Waals surface area contributed by atoms with Gasteiger partial charge in [-0.3, -0.25) is 4.79 Å². The van der Waals surface area contributed by atoms with E-state index in [1.807, 2.05) is 17.7 Å². The van der Waals surface area contributed by atoms with Gasteiger partial charge in [0.1, 0.15) is 11.9 Å². The summed E-state index contributed by atoms with van der Waals surface area (Å²) in [5, 5.41) is 11.9. The Morgan fingerprint density at radius 1 is 1.69 bits per heavy atom. The van der Waals surface area contributed by atoms with Gasteiger partial charge in [-0.05, 0) is 20.4 Å². The number of hydrogen-bond acceptors (Lipinski definition) is 3. The molecule has 0 amide bonds. The van der Waals surface area contributed by atoms with E-state index >= 15 is 0 Å². The molecule has 1 aromatic rings. The number of nitrogens with zero attached hydrogens (tertiary/aromatic N) is 2. The smallest absolute Gasteiger partial charge is 0.322 e. The first-order valence-electron chi connectivity index (χ1n) is 5.53. The number of aliphatic carboxylic acids is 1. The molecule has 2 N–H and O–H groups in total. The fourth-order valence-corrected chi connectivity index (χ4v) is 1.86. The van der Waals surface area contributed by atoms with Crippen molar-refractivity contribution in [2.75, 3.05) is 7.05 Å². The van der Waals surface area contributed by atoms with E-state index in [-0.39, 0.29) is 6.04 Å². The fourth-order valence-electron chi connectivity index (χ4n) is 1.86. The molecule has 5 heteroatoms. The van der Waals surface area contributed by atoms with Gasteiger partial charge in [0.05, 0.1) is 6.04 Å². The van der Waals surface area contributed by atoms with Crippen LogP contribution in [0.1, 0.15) is 32.1 Å². The van der Waals surface area contributed by atoms with Crippen LogP contribution in [0, 0.1) is 0 Å². The Morgan fingerprint density at radius 3 is 2.88 bits per heavy atom. The predicted molar refractivity (Wildman–Crippen MR) is 61.4 cm³/mol. The number of rotatable bonds is 6. The molecule has 0 saturated carbocycles. The van der Waals surface area contributed by atoms with Gasteiger partial charge >= 0.3 is 5.97 Å². The third-order valence-electron chi connectivity index (χ3n) is 2.72. The summed E-state index contributed by atoms with van der Waals surface area (Å²) in [6, 6.07) is -0.739. The summed E-state index contributed by atoms with van der Waals surface area (Å²) < 4.78 is 1.93. The molecule has 0 bridgehead atoms. The Morgan fingerprint density at radius 2 is 2.38 bits per heavy atom. The number of aryl methyl sites for hydroxylation is 1. The highest BCUT2D eigenvalue weighted by Gasteiger charge is 2.25. The molecule has 0 fully saturated rings. The molecule has 2 unspecified atom stereocenters. The van der Waals surface area contributed by atoms with Gasteiger partial charge in [-0.15, -0.1) is 0 Å². The van der Waals surface area contributed by atoms with E-state index < -0.39 is 12.0 Å². The lowest BCUT2D eigenvalue weighted by molar-refractivity contribution is -0.140. The third-order valence-corrected chi connectivity index (χ3v) is 2.72. The van der Waals surface area contributed by atoms with Gasteiger partial charge in [-0.2, -0.15) is 0 Å². The average molecular weight is 225 g/mol. The Hall–Kier alpha value is -1.36. The van der Waals surface area contributed by atoms with Crippen LogP contribution in [0.3, 0.4) is 0 Å². The van der Waals surface area contributed by atoms with E-state index in [1.54, 1.807) is 13.2 Å². The second-order valence-electron chi connectivity index (χ2n) is 3.85. The lowest BCUT2D eigenvalue weighted by Crippen LogP contribution is -2.41. The summed E-state index contributed by atoms with van der Waals surface area (Å²) in [7, 11) is 1.66. The van der Waals surface area contributed by atoms with Gasteiger partial charge in [0.2, 0.25) is 0 Å². The van der Waals surface area contributed by atoms with Crippen LogP contribution in [0.5, 0.6) is 0 Å². The lowest BCUT2D eigenvalue weighted by Gasteiger charge is -2.22. The van der Waals surface area contributed by atoms with Crippen molar-refractivity contribution in [2.24, 2.45) is 0 Å². The molecule has 0 spiro atoms. The van der Waals surface area contributed by atoms with E-state index in [2.05, 4.69) is 17.2 Å². The van der Waals surface area contributed by atoms with Crippen molar-refractivity contribution in [3.05, 3.63) is 18.2 Å². The molecule has 0 saturated heterocycles. The Kier molecular flexibility index (Phi) is 4.49. The average Bonchev–Trinajstić information content (AvgIpc) is 2.66. The first-order valence-corrected chi connectivity index (χ1v) is 5.53. The van der Waals surface area contributed by atoms with Gasteiger partial charge < -0.3 is 15.0 Å². The van der Waals surface area contributed by atoms with E-state index in [0.29, 0.717) is 0 Å². The third kappa shape index (κ3) is 2.61. The van der Waals surface area contributed by atoms with E-state index in [4.69, 9.17) is 5.11 Å². The maximum atomic E-state index is 11.0. The van der Waals surface area contributed by atoms with Crippen LogP contribution in [0.25, 0.3) is 0 Å². The second-order valence-corrected chi connectivity index (χ2v) is 3.85. The number of hydrogen-bond donors (Lipinski definition) is 2. The van der Waals surface area contributed by atoms with Crippen molar-refractivity contribution in [2.45, 2.75) is 38.8 Å². The van der Waals surface area contributed by atoms with Crippen molar-refractivity contribution < 1.29 is 9.90 Å². The van der Waals surface area contributed by atoms with Crippen molar-refractivity contribution in [1.82, 2.24) is 14.9 Å². The molecule has 1 aromatic heterocycles. The molecule has 0 radical (unpaired) electrons. The van der Waals surface area contributed by atoms with E-state index in [9.17, 15) is 4.79 Å². The van der Waals surface area contributed by atoms with Crippen molar-refractivity contribution in [1.29, 1.82) is 0 Å². The SMILES string of the molecule is CCCc1nccn1C(C)C(NC)C(=O)O. The quantitative estimate of drug-likeness (QED) is 0.760. The highest BCUT2D eigenvalue weighted by atomic mass is 16.4. The van der Waals surface area contributed by atoms with Crippen LogP contribution in [0.4, 0.5) is 0 Å². The number of carboxylic acid groups (broad SMARTS) is 1. The molecule has 0 aliphatic carbocycles. The number of aromatic nitrogens is 2. The number of imidazole rings is 1. The molecule has 0 aromatic carbocycles. The summed E-state index contributed by atoms with van der Waals surface area (Å²) in [6.07, 6.45) is 5.42. The normalized spacial score (nSPS) is 14.7. The van der Waals surface area contributed by atoms with Gasteiger partial charge in [0.25, 0.3) is 0 Å². The summed E-state index contributed by atoms with van der Waals surface area (Å²) >= 11 is 0. The van der Waals surface area contributed by atoms with Gasteiger partial charge in [-0.25, -0.2) is 4.98 Å². The topological polar surface area (TPSA) is 67.2 Å². The van der Waals surface area contributed by atoms with Crippen molar-refractivity contribution in [3.8, 4) is 0 Å². The van der Waals surface area contributed by atoms with Crippen molar-refractivity contribution in [3.63, 3.8) is 0 Å². The minimum absolute atomic E-state index is 0.147. The molecule has 90 valence electrons. The van der Waals surface area contributed by atoms with Gasteiger partial charge in [-0.1, -0.05) is 6.92 Å². The first kappa shape index (κ1) is 12.7. The molecule has 16 heavy (non-hydrogen) atoms. The van der Waals surface area contributed by atoms with Crippen LogP contribution in [0.15, 0.2) is 12.4 Å².